The molecular weight excluding hydrogens is 266 g/mol. The molecule has 0 bridgehead atoms. The van der Waals surface area contributed by atoms with Gasteiger partial charge in [0.1, 0.15) is 11.7 Å². The third-order valence-corrected chi connectivity index (χ3v) is 3.45. The molecule has 1 amide bonds. The molecule has 1 N–H and O–H groups in total. The van der Waals surface area contributed by atoms with Gasteiger partial charge in [-0.2, -0.15) is 0 Å². The summed E-state index contributed by atoms with van der Waals surface area (Å²) in [6.45, 7) is 2.53. The van der Waals surface area contributed by atoms with E-state index in [1.807, 2.05) is 0 Å². The summed E-state index contributed by atoms with van der Waals surface area (Å²) < 4.78 is 1.47. The second kappa shape index (κ2) is 5.32. The quantitative estimate of drug-likeness (QED) is 0.657. The molecular formula is C12H15N3O5. The molecule has 1 aromatic rings. The predicted molar refractivity (Wildman–Crippen MR) is 68.5 cm³/mol. The van der Waals surface area contributed by atoms with E-state index in [9.17, 15) is 19.7 Å². The maximum atomic E-state index is 12.4. The van der Waals surface area contributed by atoms with Gasteiger partial charge in [0.25, 0.3) is 11.6 Å². The average molecular weight is 281 g/mol. The van der Waals surface area contributed by atoms with Gasteiger partial charge in [0, 0.05) is 19.2 Å². The minimum atomic E-state index is -1.04. The molecule has 1 aromatic heterocycles. The highest BCUT2D eigenvalue weighted by Gasteiger charge is 2.36. The third kappa shape index (κ3) is 2.36. The Kier molecular flexibility index (Phi) is 3.73. The maximum Gasteiger partial charge on any atom is 0.326 e. The monoisotopic (exact) mass is 281 g/mol. The van der Waals surface area contributed by atoms with Crippen LogP contribution in [-0.2, 0) is 11.3 Å². The van der Waals surface area contributed by atoms with Crippen molar-refractivity contribution >= 4 is 17.6 Å². The standard InChI is InChI=1S/C12H15N3O5/c1-2-13-7-8(15(19)20)6-10(13)11(16)14-5-3-4-9(14)12(17)18/h6-7,9H,2-5H2,1H3,(H,17,18). The number of hydrogen-bond donors (Lipinski definition) is 1. The van der Waals surface area contributed by atoms with E-state index in [0.29, 0.717) is 25.9 Å². The number of nitro groups is 1. The van der Waals surface area contributed by atoms with E-state index in [4.69, 9.17) is 5.11 Å². The highest BCUT2D eigenvalue weighted by atomic mass is 16.6. The number of aromatic nitrogens is 1. The number of aliphatic carboxylic acids is 1. The molecule has 0 spiro atoms. The van der Waals surface area contributed by atoms with Crippen LogP contribution in [0.3, 0.4) is 0 Å². The second-order valence-electron chi connectivity index (χ2n) is 4.62. The van der Waals surface area contributed by atoms with Crippen LogP contribution in [-0.4, -0.2) is 44.0 Å². The highest BCUT2D eigenvalue weighted by Crippen LogP contribution is 2.23. The van der Waals surface area contributed by atoms with Crippen molar-refractivity contribution in [1.29, 1.82) is 0 Å². The van der Waals surface area contributed by atoms with E-state index in [-0.39, 0.29) is 11.4 Å². The topological polar surface area (TPSA) is 106 Å². The minimum Gasteiger partial charge on any atom is -0.480 e. The fourth-order valence-electron chi connectivity index (χ4n) is 2.45. The first-order valence-corrected chi connectivity index (χ1v) is 6.34. The van der Waals surface area contributed by atoms with Crippen molar-refractivity contribution < 1.29 is 19.6 Å². The van der Waals surface area contributed by atoms with Gasteiger partial charge in [-0.05, 0) is 19.8 Å². The lowest BCUT2D eigenvalue weighted by atomic mass is 10.2. The molecule has 20 heavy (non-hydrogen) atoms. The van der Waals surface area contributed by atoms with E-state index < -0.39 is 22.8 Å². The zero-order valence-electron chi connectivity index (χ0n) is 11.0. The van der Waals surface area contributed by atoms with Crippen molar-refractivity contribution in [3.8, 4) is 0 Å². The van der Waals surface area contributed by atoms with Crippen LogP contribution in [0.1, 0.15) is 30.3 Å². The number of carbonyl (C=O) groups is 2. The fourth-order valence-corrected chi connectivity index (χ4v) is 2.45. The van der Waals surface area contributed by atoms with Gasteiger partial charge in [0.05, 0.1) is 11.1 Å². The SMILES string of the molecule is CCn1cc([N+](=O)[O-])cc1C(=O)N1CCCC1C(=O)O. The predicted octanol–water partition coefficient (Wildman–Crippen LogP) is 1.11. The van der Waals surface area contributed by atoms with Crippen molar-refractivity contribution in [3.05, 3.63) is 28.1 Å². The number of carbonyl (C=O) groups excluding carboxylic acids is 1. The molecule has 2 heterocycles. The Morgan fingerprint density at radius 2 is 2.25 bits per heavy atom. The molecule has 0 saturated carbocycles. The maximum absolute atomic E-state index is 12.4. The first-order valence-electron chi connectivity index (χ1n) is 6.34. The smallest absolute Gasteiger partial charge is 0.326 e. The Hall–Kier alpha value is -2.38. The Labute approximate surface area is 114 Å². The molecule has 0 aromatic carbocycles. The van der Waals surface area contributed by atoms with Crippen LogP contribution < -0.4 is 0 Å². The molecule has 8 heteroatoms. The van der Waals surface area contributed by atoms with E-state index in [1.165, 1.54) is 21.7 Å². The van der Waals surface area contributed by atoms with Crippen LogP contribution in [0.2, 0.25) is 0 Å². The minimum absolute atomic E-state index is 0.160. The van der Waals surface area contributed by atoms with Crippen molar-refractivity contribution in [3.63, 3.8) is 0 Å². The van der Waals surface area contributed by atoms with Gasteiger partial charge in [-0.3, -0.25) is 14.9 Å². The summed E-state index contributed by atoms with van der Waals surface area (Å²) >= 11 is 0. The molecule has 0 radical (unpaired) electrons. The summed E-state index contributed by atoms with van der Waals surface area (Å²) in [7, 11) is 0. The fraction of sp³-hybridized carbons (Fsp3) is 0.500. The largest absolute Gasteiger partial charge is 0.480 e. The molecule has 1 saturated heterocycles. The Morgan fingerprint density at radius 1 is 1.55 bits per heavy atom. The molecule has 8 nitrogen and oxygen atoms in total. The second-order valence-corrected chi connectivity index (χ2v) is 4.62. The normalized spacial score (nSPS) is 18.2. The lowest BCUT2D eigenvalue weighted by molar-refractivity contribution is -0.384. The molecule has 1 aliphatic heterocycles. The number of hydrogen-bond acceptors (Lipinski definition) is 4. The van der Waals surface area contributed by atoms with Gasteiger partial charge in [-0.25, -0.2) is 4.79 Å². The van der Waals surface area contributed by atoms with Gasteiger partial charge in [-0.1, -0.05) is 0 Å². The van der Waals surface area contributed by atoms with Crippen molar-refractivity contribution in [2.24, 2.45) is 0 Å². The Balaban J connectivity index is 2.33. The van der Waals surface area contributed by atoms with Gasteiger partial charge in [-0.15, -0.1) is 0 Å². The lowest BCUT2D eigenvalue weighted by Gasteiger charge is -2.21. The Bertz CT molecular complexity index is 565. The van der Waals surface area contributed by atoms with Crippen LogP contribution in [0.15, 0.2) is 12.3 Å². The summed E-state index contributed by atoms with van der Waals surface area (Å²) in [6.07, 6.45) is 2.33. The first kappa shape index (κ1) is 14.0. The zero-order valence-corrected chi connectivity index (χ0v) is 11.0. The van der Waals surface area contributed by atoms with Crippen LogP contribution in [0, 0.1) is 10.1 Å². The molecule has 1 aliphatic rings. The van der Waals surface area contributed by atoms with Crippen LogP contribution >= 0.6 is 0 Å². The zero-order chi connectivity index (χ0) is 14.9. The molecule has 0 aliphatic carbocycles. The van der Waals surface area contributed by atoms with Crippen molar-refractivity contribution in [2.45, 2.75) is 32.4 Å². The van der Waals surface area contributed by atoms with E-state index >= 15 is 0 Å². The summed E-state index contributed by atoms with van der Waals surface area (Å²) in [5.74, 6) is -1.51. The Morgan fingerprint density at radius 3 is 2.80 bits per heavy atom. The average Bonchev–Trinajstić information content (AvgIpc) is 3.04. The van der Waals surface area contributed by atoms with E-state index in [2.05, 4.69) is 0 Å². The van der Waals surface area contributed by atoms with Gasteiger partial charge < -0.3 is 14.6 Å². The van der Waals surface area contributed by atoms with Crippen LogP contribution in [0.25, 0.3) is 0 Å². The first-order chi connectivity index (χ1) is 9.45. The summed E-state index contributed by atoms with van der Waals surface area (Å²) in [4.78, 5) is 35.0. The molecule has 1 atom stereocenters. The summed E-state index contributed by atoms with van der Waals surface area (Å²) in [6, 6.07) is 0.352. The highest BCUT2D eigenvalue weighted by molar-refractivity contribution is 5.96. The number of likely N-dealkylation sites (tertiary alicyclic amines) is 1. The molecule has 2 rings (SSSR count). The number of carboxylic acids is 1. The number of rotatable bonds is 4. The van der Waals surface area contributed by atoms with Gasteiger partial charge in [0.2, 0.25) is 0 Å². The van der Waals surface area contributed by atoms with Crippen LogP contribution in [0.5, 0.6) is 0 Å². The van der Waals surface area contributed by atoms with Gasteiger partial charge >= 0.3 is 5.97 Å². The van der Waals surface area contributed by atoms with E-state index in [1.54, 1.807) is 6.92 Å². The third-order valence-electron chi connectivity index (χ3n) is 3.45. The molecule has 1 fully saturated rings. The van der Waals surface area contributed by atoms with Gasteiger partial charge in [0.15, 0.2) is 0 Å². The number of aryl methyl sites for hydroxylation is 1. The summed E-state index contributed by atoms with van der Waals surface area (Å²) in [5, 5.41) is 19.9. The van der Waals surface area contributed by atoms with Crippen molar-refractivity contribution in [2.75, 3.05) is 6.54 Å². The molecule has 108 valence electrons. The lowest BCUT2D eigenvalue weighted by Crippen LogP contribution is -2.41. The summed E-state index contributed by atoms with van der Waals surface area (Å²) in [5.41, 5.74) is -0.00591. The number of amides is 1. The van der Waals surface area contributed by atoms with E-state index in [0.717, 1.165) is 0 Å². The molecule has 1 unspecified atom stereocenters. The van der Waals surface area contributed by atoms with Crippen molar-refractivity contribution in [1.82, 2.24) is 9.47 Å². The number of nitrogens with zero attached hydrogens (tertiary/aromatic N) is 3. The number of carboxylic acid groups (broad SMARTS) is 1. The van der Waals surface area contributed by atoms with Crippen LogP contribution in [0.4, 0.5) is 5.69 Å².